The first kappa shape index (κ1) is 17.3. The number of anilines is 1. The number of fused-ring (bicyclic) bond motifs is 1. The molecule has 1 aromatic heterocycles. The number of nitrogens with one attached hydrogen (secondary N) is 1. The predicted molar refractivity (Wildman–Crippen MR) is 112 cm³/mol. The first-order chi connectivity index (χ1) is 13.1. The third-order valence-electron chi connectivity index (χ3n) is 5.08. The Morgan fingerprint density at radius 2 is 1.74 bits per heavy atom. The Morgan fingerprint density at radius 3 is 2.52 bits per heavy atom. The summed E-state index contributed by atoms with van der Waals surface area (Å²) in [6, 6.07) is 23.2. The minimum absolute atomic E-state index is 0.0378. The molecular weight excluding hydrogens is 332 g/mol. The number of H-pyrrole nitrogens is 1. The van der Waals surface area contributed by atoms with Crippen molar-refractivity contribution in [1.82, 2.24) is 10.2 Å². The highest BCUT2D eigenvalue weighted by molar-refractivity contribution is 5.91. The van der Waals surface area contributed by atoms with Crippen molar-refractivity contribution in [3.63, 3.8) is 0 Å². The van der Waals surface area contributed by atoms with E-state index in [1.165, 1.54) is 16.7 Å². The van der Waals surface area contributed by atoms with Crippen molar-refractivity contribution in [2.45, 2.75) is 25.8 Å². The van der Waals surface area contributed by atoms with E-state index in [0.717, 1.165) is 34.9 Å². The van der Waals surface area contributed by atoms with E-state index in [0.29, 0.717) is 5.82 Å². The average Bonchev–Trinajstić information content (AvgIpc) is 3.08. The van der Waals surface area contributed by atoms with Gasteiger partial charge in [0.2, 0.25) is 0 Å². The van der Waals surface area contributed by atoms with Gasteiger partial charge in [0, 0.05) is 11.4 Å². The van der Waals surface area contributed by atoms with Gasteiger partial charge in [0.15, 0.2) is 5.82 Å². The fourth-order valence-corrected chi connectivity index (χ4v) is 3.51. The van der Waals surface area contributed by atoms with Crippen LogP contribution in [0.5, 0.6) is 0 Å². The highest BCUT2D eigenvalue weighted by atomic mass is 15.1. The Balaban J connectivity index is 1.71. The quantitative estimate of drug-likeness (QED) is 0.488. The molecule has 1 heterocycles. The summed E-state index contributed by atoms with van der Waals surface area (Å²) in [5, 5.41) is 8.04. The third-order valence-corrected chi connectivity index (χ3v) is 5.08. The van der Waals surface area contributed by atoms with E-state index < -0.39 is 0 Å². The molecule has 0 spiro atoms. The molecule has 0 amide bonds. The topological polar surface area (TPSA) is 80.7 Å². The van der Waals surface area contributed by atoms with E-state index >= 15 is 0 Å². The molecule has 0 aliphatic heterocycles. The zero-order valence-corrected chi connectivity index (χ0v) is 15.4. The molecule has 136 valence electrons. The zero-order chi connectivity index (χ0) is 18.8. The van der Waals surface area contributed by atoms with Crippen LogP contribution in [0.25, 0.3) is 22.0 Å². The van der Waals surface area contributed by atoms with Crippen LogP contribution >= 0.6 is 0 Å². The van der Waals surface area contributed by atoms with Crippen LogP contribution in [0, 0.1) is 0 Å². The van der Waals surface area contributed by atoms with Crippen molar-refractivity contribution >= 4 is 16.7 Å². The molecule has 1 atom stereocenters. The van der Waals surface area contributed by atoms with Gasteiger partial charge in [-0.2, -0.15) is 5.10 Å². The van der Waals surface area contributed by atoms with Crippen LogP contribution in [0.4, 0.5) is 5.82 Å². The van der Waals surface area contributed by atoms with Crippen molar-refractivity contribution < 1.29 is 0 Å². The number of hydrogen-bond donors (Lipinski definition) is 3. The molecule has 1 unspecified atom stereocenters. The molecule has 4 rings (SSSR count). The standard InChI is InChI=1S/C23H24N4/c1-2-15-10-18(17-8-9-20-22(14-17)26-27-23(20)25)13-19(11-15)21(24)12-16-6-4-3-5-7-16/h3-11,13-14,21H,2,12,24H2,1H3,(H3,25,26,27). The molecule has 0 saturated heterocycles. The number of aromatic nitrogens is 2. The molecule has 0 bridgehead atoms. The zero-order valence-electron chi connectivity index (χ0n) is 15.4. The highest BCUT2D eigenvalue weighted by Gasteiger charge is 2.12. The average molecular weight is 356 g/mol. The molecule has 27 heavy (non-hydrogen) atoms. The second-order valence-electron chi connectivity index (χ2n) is 6.98. The Bertz CT molecular complexity index is 1070. The Hall–Kier alpha value is -3.11. The molecule has 4 nitrogen and oxygen atoms in total. The maximum absolute atomic E-state index is 6.56. The van der Waals surface area contributed by atoms with Crippen LogP contribution in [-0.4, -0.2) is 10.2 Å². The van der Waals surface area contributed by atoms with Crippen LogP contribution in [0.2, 0.25) is 0 Å². The van der Waals surface area contributed by atoms with Crippen LogP contribution in [-0.2, 0) is 12.8 Å². The van der Waals surface area contributed by atoms with Crippen molar-refractivity contribution in [2.75, 3.05) is 5.73 Å². The third kappa shape index (κ3) is 3.57. The number of rotatable bonds is 5. The molecule has 0 fully saturated rings. The van der Waals surface area contributed by atoms with Gasteiger partial charge in [-0.1, -0.05) is 55.5 Å². The molecule has 4 aromatic rings. The summed E-state index contributed by atoms with van der Waals surface area (Å²) in [6.45, 7) is 2.17. The summed E-state index contributed by atoms with van der Waals surface area (Å²) in [6.07, 6.45) is 1.79. The minimum Gasteiger partial charge on any atom is -0.382 e. The number of hydrogen-bond acceptors (Lipinski definition) is 3. The Labute approximate surface area is 159 Å². The summed E-state index contributed by atoms with van der Waals surface area (Å²) in [4.78, 5) is 0. The predicted octanol–water partition coefficient (Wildman–Crippen LogP) is 4.62. The molecule has 4 heteroatoms. The molecular formula is C23H24N4. The van der Waals surface area contributed by atoms with E-state index in [9.17, 15) is 0 Å². The van der Waals surface area contributed by atoms with Gasteiger partial charge < -0.3 is 11.5 Å². The SMILES string of the molecule is CCc1cc(-c2ccc3c(N)n[nH]c3c2)cc(C(N)Cc2ccccc2)c1. The maximum atomic E-state index is 6.56. The van der Waals surface area contributed by atoms with Crippen LogP contribution in [0.1, 0.15) is 29.7 Å². The van der Waals surface area contributed by atoms with E-state index in [1.807, 2.05) is 12.1 Å². The summed E-state index contributed by atoms with van der Waals surface area (Å²) in [7, 11) is 0. The number of aryl methyl sites for hydroxylation is 1. The molecule has 3 aromatic carbocycles. The van der Waals surface area contributed by atoms with Gasteiger partial charge in [-0.25, -0.2) is 0 Å². The van der Waals surface area contributed by atoms with Crippen molar-refractivity contribution in [2.24, 2.45) is 5.73 Å². The number of aromatic amines is 1. The lowest BCUT2D eigenvalue weighted by molar-refractivity contribution is 0.721. The number of benzene rings is 3. The Morgan fingerprint density at radius 1 is 0.926 bits per heavy atom. The number of nitrogens with two attached hydrogens (primary N) is 2. The summed E-state index contributed by atoms with van der Waals surface area (Å²) >= 11 is 0. The molecule has 0 aliphatic carbocycles. The lowest BCUT2D eigenvalue weighted by Gasteiger charge is -2.16. The summed E-state index contributed by atoms with van der Waals surface area (Å²) in [5.41, 5.74) is 19.4. The molecule has 0 saturated carbocycles. The summed E-state index contributed by atoms with van der Waals surface area (Å²) < 4.78 is 0. The minimum atomic E-state index is -0.0378. The smallest absolute Gasteiger partial charge is 0.153 e. The number of nitrogens with zero attached hydrogens (tertiary/aromatic N) is 1. The van der Waals surface area contributed by atoms with E-state index in [2.05, 4.69) is 71.7 Å². The monoisotopic (exact) mass is 356 g/mol. The van der Waals surface area contributed by atoms with Crippen LogP contribution in [0.3, 0.4) is 0 Å². The molecule has 0 radical (unpaired) electrons. The second-order valence-corrected chi connectivity index (χ2v) is 6.98. The maximum Gasteiger partial charge on any atom is 0.153 e. The van der Waals surface area contributed by atoms with Crippen molar-refractivity contribution in [3.8, 4) is 11.1 Å². The first-order valence-corrected chi connectivity index (χ1v) is 9.31. The lowest BCUT2D eigenvalue weighted by atomic mass is 9.93. The number of nitrogen functional groups attached to an aromatic ring is 1. The van der Waals surface area contributed by atoms with Gasteiger partial charge in [-0.15, -0.1) is 0 Å². The van der Waals surface area contributed by atoms with E-state index in [-0.39, 0.29) is 6.04 Å². The van der Waals surface area contributed by atoms with Crippen molar-refractivity contribution in [3.05, 3.63) is 83.4 Å². The fraction of sp³-hybridized carbons (Fsp3) is 0.174. The van der Waals surface area contributed by atoms with Gasteiger partial charge >= 0.3 is 0 Å². The van der Waals surface area contributed by atoms with Crippen LogP contribution < -0.4 is 11.5 Å². The van der Waals surface area contributed by atoms with Gasteiger partial charge in [0.25, 0.3) is 0 Å². The molecule has 0 aliphatic rings. The van der Waals surface area contributed by atoms with E-state index in [1.54, 1.807) is 0 Å². The Kier molecular flexibility index (Phi) is 4.65. The first-order valence-electron chi connectivity index (χ1n) is 9.31. The summed E-state index contributed by atoms with van der Waals surface area (Å²) in [5.74, 6) is 0.532. The van der Waals surface area contributed by atoms with Crippen molar-refractivity contribution in [1.29, 1.82) is 0 Å². The van der Waals surface area contributed by atoms with Crippen LogP contribution in [0.15, 0.2) is 66.7 Å². The lowest BCUT2D eigenvalue weighted by Crippen LogP contribution is -2.13. The van der Waals surface area contributed by atoms with Gasteiger partial charge in [0.1, 0.15) is 0 Å². The molecule has 5 N–H and O–H groups in total. The van der Waals surface area contributed by atoms with Gasteiger partial charge in [-0.05, 0) is 58.9 Å². The fourth-order valence-electron chi connectivity index (χ4n) is 3.51. The normalized spacial score (nSPS) is 12.4. The largest absolute Gasteiger partial charge is 0.382 e. The van der Waals surface area contributed by atoms with E-state index in [4.69, 9.17) is 11.5 Å². The second kappa shape index (κ2) is 7.25. The van der Waals surface area contributed by atoms with Gasteiger partial charge in [-0.3, -0.25) is 5.10 Å². The highest BCUT2D eigenvalue weighted by Crippen LogP contribution is 2.29. The van der Waals surface area contributed by atoms with Gasteiger partial charge in [0.05, 0.1) is 5.52 Å².